The van der Waals surface area contributed by atoms with E-state index < -0.39 is 17.6 Å². The first-order valence-electron chi connectivity index (χ1n) is 10.6. The van der Waals surface area contributed by atoms with Gasteiger partial charge in [0.2, 0.25) is 5.91 Å². The van der Waals surface area contributed by atoms with Crippen LogP contribution in [0.4, 0.5) is 4.79 Å². The molecule has 1 atom stereocenters. The average molecular weight is 427 g/mol. The smallest absolute Gasteiger partial charge is 0.410 e. The van der Waals surface area contributed by atoms with Gasteiger partial charge in [0.1, 0.15) is 11.6 Å². The highest BCUT2D eigenvalue weighted by Crippen LogP contribution is 2.21. The summed E-state index contributed by atoms with van der Waals surface area (Å²) in [5, 5.41) is 14.4. The highest BCUT2D eigenvalue weighted by Gasteiger charge is 2.31. The Bertz CT molecular complexity index is 958. The predicted octanol–water partition coefficient (Wildman–Crippen LogP) is 3.60. The standard InChI is InChI=1S/C24H30N2O5/c1-24(2,3)31-23(30)26-12-10-18(11-13-26)21(27)25-20(22(28)29)15-16-8-9-17-6-4-5-7-19(17)14-16/h4-9,14,18,20H,10-13,15H2,1-3H3,(H,25,27)(H,28,29)/t20-/m1/s1. The van der Waals surface area contributed by atoms with Crippen molar-refractivity contribution in [3.05, 3.63) is 48.0 Å². The lowest BCUT2D eigenvalue weighted by Gasteiger charge is -2.33. The number of nitrogens with zero attached hydrogens (tertiary/aromatic N) is 1. The molecule has 2 amide bonds. The fraction of sp³-hybridized carbons (Fsp3) is 0.458. The largest absolute Gasteiger partial charge is 0.480 e. The van der Waals surface area contributed by atoms with Gasteiger partial charge in [-0.15, -0.1) is 0 Å². The van der Waals surface area contributed by atoms with Crippen molar-refractivity contribution in [2.45, 2.75) is 51.7 Å². The first-order valence-corrected chi connectivity index (χ1v) is 10.6. The zero-order valence-electron chi connectivity index (χ0n) is 18.3. The van der Waals surface area contributed by atoms with Gasteiger partial charge in [-0.1, -0.05) is 42.5 Å². The third-order valence-corrected chi connectivity index (χ3v) is 5.39. The minimum Gasteiger partial charge on any atom is -0.480 e. The third-order valence-electron chi connectivity index (χ3n) is 5.39. The van der Waals surface area contributed by atoms with Crippen molar-refractivity contribution in [2.24, 2.45) is 5.92 Å². The van der Waals surface area contributed by atoms with Crippen LogP contribution in [0.25, 0.3) is 10.8 Å². The maximum absolute atomic E-state index is 12.7. The first-order chi connectivity index (χ1) is 14.6. The number of carboxylic acids is 1. The van der Waals surface area contributed by atoms with Crippen LogP contribution in [0, 0.1) is 5.92 Å². The molecular formula is C24H30N2O5. The number of benzene rings is 2. The Hall–Kier alpha value is -3.09. The lowest BCUT2D eigenvalue weighted by molar-refractivity contribution is -0.142. The van der Waals surface area contributed by atoms with Gasteiger partial charge >= 0.3 is 12.1 Å². The fourth-order valence-corrected chi connectivity index (χ4v) is 3.74. The number of carbonyl (C=O) groups is 3. The van der Waals surface area contributed by atoms with Gasteiger partial charge in [-0.05, 0) is 49.9 Å². The van der Waals surface area contributed by atoms with E-state index in [4.69, 9.17) is 4.74 Å². The van der Waals surface area contributed by atoms with Gasteiger partial charge < -0.3 is 20.1 Å². The third kappa shape index (κ3) is 6.20. The molecule has 1 fully saturated rings. The van der Waals surface area contributed by atoms with Crippen LogP contribution in [0.2, 0.25) is 0 Å². The number of fused-ring (bicyclic) bond motifs is 1. The molecule has 3 rings (SSSR count). The van der Waals surface area contributed by atoms with Gasteiger partial charge in [0.15, 0.2) is 0 Å². The van der Waals surface area contributed by atoms with Crippen molar-refractivity contribution >= 4 is 28.7 Å². The van der Waals surface area contributed by atoms with Crippen LogP contribution in [0.3, 0.4) is 0 Å². The second-order valence-electron chi connectivity index (χ2n) is 9.03. The Labute approximate surface area is 182 Å². The molecule has 7 heteroatoms. The average Bonchev–Trinajstić information content (AvgIpc) is 2.72. The van der Waals surface area contributed by atoms with Gasteiger partial charge in [0, 0.05) is 25.4 Å². The normalized spacial score (nSPS) is 16.0. The Morgan fingerprint density at radius 3 is 2.35 bits per heavy atom. The second-order valence-corrected chi connectivity index (χ2v) is 9.03. The summed E-state index contributed by atoms with van der Waals surface area (Å²) in [6.07, 6.45) is 0.787. The summed E-state index contributed by atoms with van der Waals surface area (Å²) in [5.74, 6) is -1.66. The minimum absolute atomic E-state index is 0.211. The van der Waals surface area contributed by atoms with E-state index in [1.165, 1.54) is 0 Å². The van der Waals surface area contributed by atoms with Gasteiger partial charge in [-0.25, -0.2) is 9.59 Å². The molecule has 1 aliphatic rings. The Kier molecular flexibility index (Phi) is 6.83. The molecule has 1 heterocycles. The van der Waals surface area contributed by atoms with Crippen LogP contribution < -0.4 is 5.32 Å². The molecule has 0 spiro atoms. The molecule has 166 valence electrons. The molecule has 2 N–H and O–H groups in total. The quantitative estimate of drug-likeness (QED) is 0.762. The number of hydrogen-bond donors (Lipinski definition) is 2. The number of hydrogen-bond acceptors (Lipinski definition) is 4. The van der Waals surface area contributed by atoms with Crippen molar-refractivity contribution in [1.82, 2.24) is 10.2 Å². The van der Waals surface area contributed by atoms with E-state index in [2.05, 4.69) is 5.32 Å². The highest BCUT2D eigenvalue weighted by atomic mass is 16.6. The maximum atomic E-state index is 12.7. The molecule has 2 aromatic carbocycles. The number of rotatable bonds is 5. The molecule has 0 aliphatic carbocycles. The molecule has 7 nitrogen and oxygen atoms in total. The molecule has 0 bridgehead atoms. The summed E-state index contributed by atoms with van der Waals surface area (Å²) in [4.78, 5) is 38.3. The number of amides is 2. The number of likely N-dealkylation sites (tertiary alicyclic amines) is 1. The molecular weight excluding hydrogens is 396 g/mol. The van der Waals surface area contributed by atoms with Crippen LogP contribution in [0.1, 0.15) is 39.2 Å². The predicted molar refractivity (Wildman–Crippen MR) is 118 cm³/mol. The molecule has 0 aromatic heterocycles. The van der Waals surface area contributed by atoms with E-state index in [1.807, 2.05) is 63.2 Å². The van der Waals surface area contributed by atoms with Crippen LogP contribution >= 0.6 is 0 Å². The molecule has 1 saturated heterocycles. The highest BCUT2D eigenvalue weighted by molar-refractivity contribution is 5.86. The number of carbonyl (C=O) groups excluding carboxylic acids is 2. The summed E-state index contributed by atoms with van der Waals surface area (Å²) >= 11 is 0. The minimum atomic E-state index is -1.06. The lowest BCUT2D eigenvalue weighted by Crippen LogP contribution is -2.48. The summed E-state index contributed by atoms with van der Waals surface area (Å²) in [7, 11) is 0. The van der Waals surface area contributed by atoms with Crippen molar-refractivity contribution in [3.8, 4) is 0 Å². The van der Waals surface area contributed by atoms with Crippen LogP contribution in [0.5, 0.6) is 0 Å². The molecule has 0 radical (unpaired) electrons. The zero-order chi connectivity index (χ0) is 22.6. The zero-order valence-corrected chi connectivity index (χ0v) is 18.3. The van der Waals surface area contributed by atoms with Crippen LogP contribution in [-0.2, 0) is 20.7 Å². The first kappa shape index (κ1) is 22.6. The lowest BCUT2D eigenvalue weighted by atomic mass is 9.95. The number of nitrogens with one attached hydrogen (secondary N) is 1. The number of carboxylic acid groups (broad SMARTS) is 1. The SMILES string of the molecule is CC(C)(C)OC(=O)N1CCC(C(=O)N[C@H](Cc2ccc3ccccc3c2)C(=O)O)CC1. The van der Waals surface area contributed by atoms with E-state index in [-0.39, 0.29) is 24.3 Å². The molecule has 31 heavy (non-hydrogen) atoms. The Morgan fingerprint density at radius 2 is 1.74 bits per heavy atom. The number of piperidine rings is 1. The summed E-state index contributed by atoms with van der Waals surface area (Å²) < 4.78 is 5.37. The summed E-state index contributed by atoms with van der Waals surface area (Å²) in [5.41, 5.74) is 0.286. The number of aliphatic carboxylic acids is 1. The van der Waals surface area contributed by atoms with Crippen LogP contribution in [0.15, 0.2) is 42.5 Å². The van der Waals surface area contributed by atoms with Gasteiger partial charge in [-0.2, -0.15) is 0 Å². The summed E-state index contributed by atoms with van der Waals surface area (Å²) in [6, 6.07) is 12.7. The number of ether oxygens (including phenoxy) is 1. The monoisotopic (exact) mass is 426 g/mol. The molecule has 2 aromatic rings. The van der Waals surface area contributed by atoms with Crippen molar-refractivity contribution < 1.29 is 24.2 Å². The van der Waals surface area contributed by atoms with E-state index in [0.29, 0.717) is 25.9 Å². The van der Waals surface area contributed by atoms with E-state index >= 15 is 0 Å². The molecule has 0 saturated carbocycles. The maximum Gasteiger partial charge on any atom is 0.410 e. The van der Waals surface area contributed by atoms with E-state index in [9.17, 15) is 19.5 Å². The van der Waals surface area contributed by atoms with E-state index in [0.717, 1.165) is 16.3 Å². The van der Waals surface area contributed by atoms with Crippen molar-refractivity contribution in [1.29, 1.82) is 0 Å². The van der Waals surface area contributed by atoms with Gasteiger partial charge in [0.25, 0.3) is 0 Å². The molecule has 1 aliphatic heterocycles. The topological polar surface area (TPSA) is 95.9 Å². The second kappa shape index (κ2) is 9.37. The van der Waals surface area contributed by atoms with Gasteiger partial charge in [0.05, 0.1) is 0 Å². The van der Waals surface area contributed by atoms with Crippen molar-refractivity contribution in [2.75, 3.05) is 13.1 Å². The molecule has 0 unspecified atom stereocenters. The Morgan fingerprint density at radius 1 is 1.10 bits per heavy atom. The van der Waals surface area contributed by atoms with E-state index in [1.54, 1.807) is 4.90 Å². The summed E-state index contributed by atoms with van der Waals surface area (Å²) in [6.45, 7) is 6.26. The fourth-order valence-electron chi connectivity index (χ4n) is 3.74. The Balaban J connectivity index is 1.57. The van der Waals surface area contributed by atoms with Crippen molar-refractivity contribution in [3.63, 3.8) is 0 Å². The van der Waals surface area contributed by atoms with Crippen LogP contribution in [-0.4, -0.2) is 52.7 Å². The van der Waals surface area contributed by atoms with Gasteiger partial charge in [-0.3, -0.25) is 4.79 Å².